The number of rotatable bonds is 2. The van der Waals surface area contributed by atoms with Crippen molar-refractivity contribution in [3.05, 3.63) is 29.3 Å². The summed E-state index contributed by atoms with van der Waals surface area (Å²) in [5, 5.41) is 8.57. The van der Waals surface area contributed by atoms with Gasteiger partial charge in [-0.1, -0.05) is 0 Å². The number of ketones is 1. The Balaban J connectivity index is 3.35. The molecule has 1 N–H and O–H groups in total. The van der Waals surface area contributed by atoms with Crippen molar-refractivity contribution in [2.45, 2.75) is 6.92 Å². The summed E-state index contributed by atoms with van der Waals surface area (Å²) in [6, 6.07) is 0.860. The number of pyridine rings is 1. The average molecular weight is 183 g/mol. The van der Waals surface area contributed by atoms with Crippen molar-refractivity contribution in [3.63, 3.8) is 0 Å². The van der Waals surface area contributed by atoms with Gasteiger partial charge in [-0.2, -0.15) is 0 Å². The second-order valence-corrected chi connectivity index (χ2v) is 2.41. The molecule has 0 saturated carbocycles. The molecule has 0 spiro atoms. The van der Waals surface area contributed by atoms with Gasteiger partial charge in [0.25, 0.3) is 0 Å². The van der Waals surface area contributed by atoms with Gasteiger partial charge < -0.3 is 5.11 Å². The smallest absolute Gasteiger partial charge is 0.355 e. The van der Waals surface area contributed by atoms with Gasteiger partial charge in [0.2, 0.25) is 0 Å². The first kappa shape index (κ1) is 9.31. The zero-order valence-corrected chi connectivity index (χ0v) is 6.74. The van der Waals surface area contributed by atoms with Gasteiger partial charge in [0, 0.05) is 0 Å². The van der Waals surface area contributed by atoms with Gasteiger partial charge in [-0.15, -0.1) is 0 Å². The van der Waals surface area contributed by atoms with Crippen molar-refractivity contribution in [2.24, 2.45) is 0 Å². The molecule has 1 aromatic heterocycles. The van der Waals surface area contributed by atoms with E-state index in [0.29, 0.717) is 0 Å². The van der Waals surface area contributed by atoms with Crippen LogP contribution in [0.5, 0.6) is 0 Å². The quantitative estimate of drug-likeness (QED) is 0.697. The minimum absolute atomic E-state index is 0.215. The Bertz CT molecular complexity index is 376. The highest BCUT2D eigenvalue weighted by molar-refractivity contribution is 6.03. The van der Waals surface area contributed by atoms with Crippen LogP contribution in [0.1, 0.15) is 27.8 Å². The Labute approximate surface area is 73.0 Å². The summed E-state index contributed by atoms with van der Waals surface area (Å²) in [6.45, 7) is 1.16. The molecular weight excluding hydrogens is 177 g/mol. The number of carbonyl (C=O) groups excluding carboxylic acids is 1. The lowest BCUT2D eigenvalue weighted by molar-refractivity contribution is 0.0685. The van der Waals surface area contributed by atoms with Crippen LogP contribution >= 0.6 is 0 Å². The van der Waals surface area contributed by atoms with Crippen molar-refractivity contribution in [1.29, 1.82) is 0 Å². The van der Waals surface area contributed by atoms with E-state index in [1.54, 1.807) is 0 Å². The highest BCUT2D eigenvalue weighted by atomic mass is 19.1. The van der Waals surface area contributed by atoms with Gasteiger partial charge in [-0.25, -0.2) is 14.2 Å². The lowest BCUT2D eigenvalue weighted by Gasteiger charge is -1.99. The second-order valence-electron chi connectivity index (χ2n) is 2.41. The predicted molar refractivity (Wildman–Crippen MR) is 41.2 cm³/mol. The summed E-state index contributed by atoms with van der Waals surface area (Å²) in [6.07, 6.45) is 0.760. The Morgan fingerprint density at radius 1 is 1.54 bits per heavy atom. The van der Waals surface area contributed by atoms with E-state index in [1.165, 1.54) is 0 Å². The fourth-order valence-corrected chi connectivity index (χ4v) is 0.878. The molecule has 4 nitrogen and oxygen atoms in total. The highest BCUT2D eigenvalue weighted by Gasteiger charge is 2.15. The van der Waals surface area contributed by atoms with Gasteiger partial charge in [-0.05, 0) is 13.0 Å². The fourth-order valence-electron chi connectivity index (χ4n) is 0.878. The summed E-state index contributed by atoms with van der Waals surface area (Å²) in [5.74, 6) is -2.59. The van der Waals surface area contributed by atoms with Crippen LogP contribution < -0.4 is 0 Å². The van der Waals surface area contributed by atoms with Gasteiger partial charge >= 0.3 is 5.97 Å². The third-order valence-corrected chi connectivity index (χ3v) is 1.44. The molecule has 0 aliphatic rings. The number of carboxylic acid groups (broad SMARTS) is 1. The summed E-state index contributed by atoms with van der Waals surface area (Å²) >= 11 is 0. The monoisotopic (exact) mass is 183 g/mol. The summed E-state index contributed by atoms with van der Waals surface area (Å²) in [4.78, 5) is 24.7. The lowest BCUT2D eigenvalue weighted by atomic mass is 10.1. The Kier molecular flexibility index (Phi) is 2.36. The number of Topliss-reactive ketones (excluding diaryl/α,β-unsaturated/α-hetero) is 1. The largest absolute Gasteiger partial charge is 0.476 e. The van der Waals surface area contributed by atoms with Crippen LogP contribution in [0.3, 0.4) is 0 Å². The van der Waals surface area contributed by atoms with Gasteiger partial charge in [0.05, 0.1) is 11.8 Å². The maximum atomic E-state index is 12.6. The number of carboxylic acids is 1. The lowest BCUT2D eigenvalue weighted by Crippen LogP contribution is -2.09. The Morgan fingerprint density at radius 2 is 2.15 bits per heavy atom. The zero-order chi connectivity index (χ0) is 10.0. The molecule has 13 heavy (non-hydrogen) atoms. The number of aromatic carboxylic acids is 1. The SMILES string of the molecule is CC(=O)c1cc(F)cnc1C(=O)O. The number of carbonyl (C=O) groups is 2. The Morgan fingerprint density at radius 3 is 2.62 bits per heavy atom. The van der Waals surface area contributed by atoms with E-state index in [2.05, 4.69) is 4.98 Å². The normalized spacial score (nSPS) is 9.69. The minimum atomic E-state index is -1.34. The van der Waals surface area contributed by atoms with Crippen molar-refractivity contribution in [2.75, 3.05) is 0 Å². The molecular formula is C8H6FNO3. The van der Waals surface area contributed by atoms with E-state index in [-0.39, 0.29) is 5.56 Å². The molecule has 1 rings (SSSR count). The van der Waals surface area contributed by atoms with Crippen LogP contribution in [-0.4, -0.2) is 21.8 Å². The maximum absolute atomic E-state index is 12.6. The van der Waals surface area contributed by atoms with Crippen LogP contribution in [0, 0.1) is 5.82 Å². The van der Waals surface area contributed by atoms with E-state index < -0.39 is 23.3 Å². The molecule has 1 heterocycles. The summed E-state index contributed by atoms with van der Waals surface area (Å²) in [7, 11) is 0. The third kappa shape index (κ3) is 1.87. The molecule has 0 fully saturated rings. The molecule has 1 aromatic rings. The van der Waals surface area contributed by atoms with Crippen molar-refractivity contribution in [3.8, 4) is 0 Å². The Hall–Kier alpha value is -1.78. The van der Waals surface area contributed by atoms with E-state index in [9.17, 15) is 14.0 Å². The minimum Gasteiger partial charge on any atom is -0.476 e. The molecule has 0 saturated heterocycles. The molecule has 0 unspecified atom stereocenters. The van der Waals surface area contributed by atoms with Crippen LogP contribution in [0.2, 0.25) is 0 Å². The van der Waals surface area contributed by atoms with Crippen molar-refractivity contribution in [1.82, 2.24) is 4.98 Å². The topological polar surface area (TPSA) is 67.3 Å². The summed E-state index contributed by atoms with van der Waals surface area (Å²) < 4.78 is 12.6. The van der Waals surface area contributed by atoms with E-state index >= 15 is 0 Å². The molecule has 68 valence electrons. The molecule has 5 heteroatoms. The van der Waals surface area contributed by atoms with E-state index in [4.69, 9.17) is 5.11 Å². The van der Waals surface area contributed by atoms with Crippen molar-refractivity contribution >= 4 is 11.8 Å². The molecule has 0 atom stereocenters. The van der Waals surface area contributed by atoms with E-state index in [1.807, 2.05) is 0 Å². The van der Waals surface area contributed by atoms with Crippen molar-refractivity contribution < 1.29 is 19.1 Å². The molecule has 0 bridgehead atoms. The highest BCUT2D eigenvalue weighted by Crippen LogP contribution is 2.08. The second kappa shape index (κ2) is 3.30. The van der Waals surface area contributed by atoms with Gasteiger partial charge in [-0.3, -0.25) is 4.79 Å². The fraction of sp³-hybridized carbons (Fsp3) is 0.125. The number of hydrogen-bond donors (Lipinski definition) is 1. The standard InChI is InChI=1S/C8H6FNO3/c1-4(11)6-2-5(9)3-10-7(6)8(12)13/h2-3H,1H3,(H,12,13). The first-order valence-corrected chi connectivity index (χ1v) is 3.42. The van der Waals surface area contributed by atoms with Crippen LogP contribution in [0.4, 0.5) is 4.39 Å². The van der Waals surface area contributed by atoms with Crippen LogP contribution in [0.25, 0.3) is 0 Å². The first-order chi connectivity index (χ1) is 6.02. The third-order valence-electron chi connectivity index (χ3n) is 1.44. The first-order valence-electron chi connectivity index (χ1n) is 3.42. The molecule has 0 radical (unpaired) electrons. The van der Waals surface area contributed by atoms with Gasteiger partial charge in [0.15, 0.2) is 11.5 Å². The summed E-state index contributed by atoms with van der Waals surface area (Å²) in [5.41, 5.74) is -0.638. The molecule has 0 aliphatic heterocycles. The number of nitrogens with zero attached hydrogens (tertiary/aromatic N) is 1. The van der Waals surface area contributed by atoms with E-state index in [0.717, 1.165) is 19.2 Å². The van der Waals surface area contributed by atoms with Gasteiger partial charge in [0.1, 0.15) is 5.82 Å². The maximum Gasteiger partial charge on any atom is 0.355 e. The van der Waals surface area contributed by atoms with Crippen LogP contribution in [-0.2, 0) is 0 Å². The number of aromatic nitrogens is 1. The number of halogens is 1. The molecule has 0 aliphatic carbocycles. The number of hydrogen-bond acceptors (Lipinski definition) is 3. The average Bonchev–Trinajstić information content (AvgIpc) is 2.03. The molecule has 0 amide bonds. The van der Waals surface area contributed by atoms with Crippen LogP contribution in [0.15, 0.2) is 12.3 Å². The zero-order valence-electron chi connectivity index (χ0n) is 6.74. The predicted octanol–water partition coefficient (Wildman–Crippen LogP) is 1.12. The molecule has 0 aromatic carbocycles.